The lowest BCUT2D eigenvalue weighted by molar-refractivity contribution is 0.243. The van der Waals surface area contributed by atoms with Crippen LogP contribution in [0.25, 0.3) is 0 Å². The molecule has 1 aromatic heterocycles. The van der Waals surface area contributed by atoms with Crippen molar-refractivity contribution in [3.05, 3.63) is 24.3 Å². The van der Waals surface area contributed by atoms with Crippen LogP contribution in [0, 0.1) is 11.7 Å². The van der Waals surface area contributed by atoms with Crippen LogP contribution in [0.4, 0.5) is 10.1 Å². The van der Waals surface area contributed by atoms with Gasteiger partial charge in [0.25, 0.3) is 0 Å². The summed E-state index contributed by atoms with van der Waals surface area (Å²) >= 11 is 0. The van der Waals surface area contributed by atoms with Crippen molar-refractivity contribution >= 4 is 5.69 Å². The highest BCUT2D eigenvalue weighted by molar-refractivity contribution is 5.42. The van der Waals surface area contributed by atoms with Crippen LogP contribution in [0.3, 0.4) is 0 Å². The van der Waals surface area contributed by atoms with E-state index in [2.05, 4.69) is 29.0 Å². The molecule has 0 radical (unpaired) electrons. The standard InChI is InChI=1S/C12H20FN3/c1-9(2)12(16(3)4)8-15-11-5-6-14-7-10(11)13/h5-7,9,12H,8H2,1-4H3,(H,14,15). The van der Waals surface area contributed by atoms with Crippen LogP contribution in [0.2, 0.25) is 0 Å². The summed E-state index contributed by atoms with van der Waals surface area (Å²) < 4.78 is 13.3. The summed E-state index contributed by atoms with van der Waals surface area (Å²) in [5.74, 6) is 0.219. The van der Waals surface area contributed by atoms with E-state index in [1.165, 1.54) is 6.20 Å². The van der Waals surface area contributed by atoms with E-state index in [9.17, 15) is 4.39 Å². The van der Waals surface area contributed by atoms with Crippen molar-refractivity contribution in [2.75, 3.05) is 26.0 Å². The number of nitrogens with one attached hydrogen (secondary N) is 1. The Morgan fingerprint density at radius 3 is 2.62 bits per heavy atom. The van der Waals surface area contributed by atoms with Crippen molar-refractivity contribution in [1.82, 2.24) is 9.88 Å². The van der Waals surface area contributed by atoms with Crippen LogP contribution in [0.1, 0.15) is 13.8 Å². The summed E-state index contributed by atoms with van der Waals surface area (Å²) in [4.78, 5) is 5.87. The predicted molar refractivity (Wildman–Crippen MR) is 65.0 cm³/mol. The molecule has 16 heavy (non-hydrogen) atoms. The molecule has 1 N–H and O–H groups in total. The van der Waals surface area contributed by atoms with Gasteiger partial charge in [-0.15, -0.1) is 0 Å². The van der Waals surface area contributed by atoms with E-state index in [1.54, 1.807) is 12.3 Å². The first-order valence-electron chi connectivity index (χ1n) is 5.52. The number of halogens is 1. The maximum absolute atomic E-state index is 13.3. The molecule has 0 aliphatic heterocycles. The number of likely N-dealkylation sites (N-methyl/N-ethyl adjacent to an activating group) is 1. The first-order valence-corrected chi connectivity index (χ1v) is 5.52. The minimum absolute atomic E-state index is 0.302. The van der Waals surface area contributed by atoms with Gasteiger partial charge in [0.2, 0.25) is 0 Å². The molecule has 0 aromatic carbocycles. The van der Waals surface area contributed by atoms with E-state index < -0.39 is 0 Å². The van der Waals surface area contributed by atoms with Gasteiger partial charge in [0.1, 0.15) is 0 Å². The predicted octanol–water partition coefficient (Wildman–Crippen LogP) is 2.22. The van der Waals surface area contributed by atoms with Crippen molar-refractivity contribution < 1.29 is 4.39 Å². The molecule has 0 aliphatic rings. The van der Waals surface area contributed by atoms with Crippen molar-refractivity contribution in [2.45, 2.75) is 19.9 Å². The Balaban J connectivity index is 2.59. The lowest BCUT2D eigenvalue weighted by Gasteiger charge is -2.28. The fraction of sp³-hybridized carbons (Fsp3) is 0.583. The van der Waals surface area contributed by atoms with Gasteiger partial charge >= 0.3 is 0 Å². The van der Waals surface area contributed by atoms with Crippen LogP contribution in [0.15, 0.2) is 18.5 Å². The van der Waals surface area contributed by atoms with E-state index in [0.29, 0.717) is 17.6 Å². The number of aromatic nitrogens is 1. The first-order chi connectivity index (χ1) is 7.52. The summed E-state index contributed by atoms with van der Waals surface area (Å²) in [5, 5.41) is 3.12. The number of hydrogen-bond donors (Lipinski definition) is 1. The molecule has 1 aromatic rings. The summed E-state index contributed by atoms with van der Waals surface area (Å²) in [7, 11) is 4.07. The van der Waals surface area contributed by atoms with Crippen molar-refractivity contribution in [1.29, 1.82) is 0 Å². The first kappa shape index (κ1) is 12.9. The van der Waals surface area contributed by atoms with E-state index in [0.717, 1.165) is 6.54 Å². The van der Waals surface area contributed by atoms with Crippen LogP contribution >= 0.6 is 0 Å². The molecule has 4 heteroatoms. The third kappa shape index (κ3) is 3.45. The van der Waals surface area contributed by atoms with Gasteiger partial charge in [-0.25, -0.2) is 4.39 Å². The Kier molecular flexibility index (Phi) is 4.68. The van der Waals surface area contributed by atoms with Gasteiger partial charge in [-0.3, -0.25) is 4.98 Å². The van der Waals surface area contributed by atoms with Gasteiger partial charge in [-0.1, -0.05) is 13.8 Å². The largest absolute Gasteiger partial charge is 0.381 e. The van der Waals surface area contributed by atoms with Gasteiger partial charge in [0.15, 0.2) is 5.82 Å². The second-order valence-corrected chi connectivity index (χ2v) is 4.51. The van der Waals surface area contributed by atoms with Gasteiger partial charge in [-0.05, 0) is 26.1 Å². The Hall–Kier alpha value is -1.16. The van der Waals surface area contributed by atoms with Gasteiger partial charge < -0.3 is 10.2 Å². The highest BCUT2D eigenvalue weighted by Crippen LogP contribution is 2.13. The highest BCUT2D eigenvalue weighted by Gasteiger charge is 2.15. The zero-order valence-electron chi connectivity index (χ0n) is 10.4. The molecule has 1 rings (SSSR count). The normalized spacial score (nSPS) is 13.2. The Morgan fingerprint density at radius 1 is 1.44 bits per heavy atom. The summed E-state index contributed by atoms with van der Waals surface area (Å²) in [6.07, 6.45) is 2.81. The van der Waals surface area contributed by atoms with Crippen LogP contribution in [0.5, 0.6) is 0 Å². The quantitative estimate of drug-likeness (QED) is 0.832. The smallest absolute Gasteiger partial charge is 0.164 e. The maximum atomic E-state index is 13.3. The maximum Gasteiger partial charge on any atom is 0.164 e. The lowest BCUT2D eigenvalue weighted by Crippen LogP contribution is -2.38. The zero-order chi connectivity index (χ0) is 12.1. The van der Waals surface area contributed by atoms with Crippen molar-refractivity contribution in [3.63, 3.8) is 0 Å². The monoisotopic (exact) mass is 225 g/mol. The Morgan fingerprint density at radius 2 is 2.12 bits per heavy atom. The van der Waals surface area contributed by atoms with Gasteiger partial charge in [0, 0.05) is 18.8 Å². The van der Waals surface area contributed by atoms with Crippen molar-refractivity contribution in [2.24, 2.45) is 5.92 Å². The number of rotatable bonds is 5. The van der Waals surface area contributed by atoms with Gasteiger partial charge in [-0.2, -0.15) is 0 Å². The molecular formula is C12H20FN3. The second kappa shape index (κ2) is 5.80. The fourth-order valence-electron chi connectivity index (χ4n) is 1.75. The molecule has 0 spiro atoms. The molecule has 0 saturated carbocycles. The number of pyridine rings is 1. The lowest BCUT2D eigenvalue weighted by atomic mass is 10.0. The Labute approximate surface area is 96.7 Å². The highest BCUT2D eigenvalue weighted by atomic mass is 19.1. The average molecular weight is 225 g/mol. The zero-order valence-corrected chi connectivity index (χ0v) is 10.4. The molecule has 0 saturated heterocycles. The molecule has 0 aliphatic carbocycles. The van der Waals surface area contributed by atoms with Crippen LogP contribution in [-0.2, 0) is 0 Å². The van der Waals surface area contributed by atoms with Crippen molar-refractivity contribution in [3.8, 4) is 0 Å². The van der Waals surface area contributed by atoms with Gasteiger partial charge in [0.05, 0.1) is 11.9 Å². The molecule has 1 heterocycles. The van der Waals surface area contributed by atoms with E-state index >= 15 is 0 Å². The summed E-state index contributed by atoms with van der Waals surface area (Å²) in [6.45, 7) is 5.05. The molecular weight excluding hydrogens is 205 g/mol. The van der Waals surface area contributed by atoms with E-state index in [-0.39, 0.29) is 5.82 Å². The van der Waals surface area contributed by atoms with E-state index in [4.69, 9.17) is 0 Å². The molecule has 0 bridgehead atoms. The average Bonchev–Trinajstić information content (AvgIpc) is 2.20. The molecule has 1 unspecified atom stereocenters. The minimum Gasteiger partial charge on any atom is -0.381 e. The fourth-order valence-corrected chi connectivity index (χ4v) is 1.75. The van der Waals surface area contributed by atoms with Crippen LogP contribution in [-0.4, -0.2) is 36.6 Å². The molecule has 0 fully saturated rings. The third-order valence-corrected chi connectivity index (χ3v) is 2.71. The summed E-state index contributed by atoms with van der Waals surface area (Å²) in [5.41, 5.74) is 0.516. The number of hydrogen-bond acceptors (Lipinski definition) is 3. The SMILES string of the molecule is CC(C)C(CNc1ccncc1F)N(C)C. The van der Waals surface area contributed by atoms with Crippen LogP contribution < -0.4 is 5.32 Å². The molecule has 3 nitrogen and oxygen atoms in total. The minimum atomic E-state index is -0.302. The number of nitrogens with zero attached hydrogens (tertiary/aromatic N) is 2. The molecule has 0 amide bonds. The summed E-state index contributed by atoms with van der Waals surface area (Å²) in [6, 6.07) is 2.04. The Bertz CT molecular complexity index is 318. The second-order valence-electron chi connectivity index (χ2n) is 4.51. The third-order valence-electron chi connectivity index (χ3n) is 2.71. The topological polar surface area (TPSA) is 28.2 Å². The molecule has 90 valence electrons. The molecule has 1 atom stereocenters. The number of anilines is 1. The van der Waals surface area contributed by atoms with E-state index in [1.807, 2.05) is 14.1 Å².